The first kappa shape index (κ1) is 13.5. The Morgan fingerprint density at radius 2 is 2.25 bits per heavy atom. The number of ether oxygens (including phenoxy) is 1. The third-order valence-electron chi connectivity index (χ3n) is 2.21. The Balaban J connectivity index is 2.88. The number of halogens is 1. The number of nitrogens with zero attached hydrogens (tertiary/aromatic N) is 2. The largest absolute Gasteiger partial charge is 0.372 e. The molecule has 0 amide bonds. The molecule has 0 saturated carbocycles. The Hall–Kier alpha value is -0.590. The fourth-order valence-corrected chi connectivity index (χ4v) is 2.20. The molecule has 0 aliphatic heterocycles. The van der Waals surface area contributed by atoms with E-state index in [1.54, 1.807) is 7.05 Å². The van der Waals surface area contributed by atoms with Crippen LogP contribution in [0.3, 0.4) is 0 Å². The van der Waals surface area contributed by atoms with Gasteiger partial charge in [-0.2, -0.15) is 5.10 Å². The van der Waals surface area contributed by atoms with E-state index >= 15 is 0 Å². The van der Waals surface area contributed by atoms with E-state index in [1.165, 1.54) is 10.9 Å². The zero-order valence-electron chi connectivity index (χ0n) is 9.47. The minimum Gasteiger partial charge on any atom is -0.372 e. The van der Waals surface area contributed by atoms with Gasteiger partial charge < -0.3 is 4.74 Å². The summed E-state index contributed by atoms with van der Waals surface area (Å²) in [7, 11) is 3.17. The summed E-state index contributed by atoms with van der Waals surface area (Å²) < 4.78 is 29.3. The second-order valence-electron chi connectivity index (χ2n) is 3.58. The second-order valence-corrected chi connectivity index (χ2v) is 6.12. The first-order valence-electron chi connectivity index (χ1n) is 4.93. The summed E-state index contributed by atoms with van der Waals surface area (Å²) in [6, 6.07) is 0. The molecule has 1 atom stereocenters. The molecule has 1 aromatic heterocycles. The van der Waals surface area contributed by atoms with E-state index < -0.39 is 9.05 Å². The topological polar surface area (TPSA) is 61.2 Å². The monoisotopic (exact) mass is 266 g/mol. The van der Waals surface area contributed by atoms with Crippen LogP contribution in [0.2, 0.25) is 0 Å². The molecule has 16 heavy (non-hydrogen) atoms. The maximum atomic E-state index is 11.2. The van der Waals surface area contributed by atoms with Gasteiger partial charge in [-0.25, -0.2) is 8.42 Å². The van der Waals surface area contributed by atoms with E-state index in [9.17, 15) is 8.42 Å². The van der Waals surface area contributed by atoms with Gasteiger partial charge in [0.2, 0.25) is 0 Å². The van der Waals surface area contributed by atoms with E-state index in [0.29, 0.717) is 5.69 Å². The van der Waals surface area contributed by atoms with E-state index in [4.69, 9.17) is 15.4 Å². The van der Waals surface area contributed by atoms with Crippen molar-refractivity contribution in [1.82, 2.24) is 9.78 Å². The molecule has 0 saturated heterocycles. The third-order valence-corrected chi connectivity index (χ3v) is 3.57. The zero-order chi connectivity index (χ0) is 12.3. The average Bonchev–Trinajstić information content (AvgIpc) is 2.55. The highest BCUT2D eigenvalue weighted by molar-refractivity contribution is 8.13. The lowest BCUT2D eigenvalue weighted by Gasteiger charge is -2.09. The van der Waals surface area contributed by atoms with Crippen molar-refractivity contribution in [3.8, 4) is 0 Å². The average molecular weight is 267 g/mol. The van der Waals surface area contributed by atoms with Crippen LogP contribution in [0.25, 0.3) is 0 Å². The van der Waals surface area contributed by atoms with Gasteiger partial charge in [0.15, 0.2) is 0 Å². The first-order valence-corrected chi connectivity index (χ1v) is 7.24. The van der Waals surface area contributed by atoms with Crippen molar-refractivity contribution in [1.29, 1.82) is 0 Å². The second kappa shape index (κ2) is 5.16. The Morgan fingerprint density at radius 1 is 1.62 bits per heavy atom. The predicted octanol–water partition coefficient (Wildman–Crippen LogP) is 1.66. The fraction of sp³-hybridized carbons (Fsp3) is 0.667. The SMILES string of the molecule is CCC(C)OCc1nn(C)cc1S(=O)(=O)Cl. The number of hydrogen-bond donors (Lipinski definition) is 0. The summed E-state index contributed by atoms with van der Waals surface area (Å²) in [4.78, 5) is 0.0139. The molecular formula is C9H15ClN2O3S. The van der Waals surface area contributed by atoms with Crippen molar-refractivity contribution < 1.29 is 13.2 Å². The third kappa shape index (κ3) is 3.47. The number of aryl methyl sites for hydroxylation is 1. The normalized spacial score (nSPS) is 14.0. The molecule has 0 aliphatic carbocycles. The molecule has 0 fully saturated rings. The molecular weight excluding hydrogens is 252 g/mol. The molecule has 1 rings (SSSR count). The summed E-state index contributed by atoms with van der Waals surface area (Å²) in [6.07, 6.45) is 2.29. The highest BCUT2D eigenvalue weighted by Gasteiger charge is 2.20. The molecule has 92 valence electrons. The van der Waals surface area contributed by atoms with E-state index in [-0.39, 0.29) is 17.6 Å². The Bertz CT molecular complexity index is 455. The van der Waals surface area contributed by atoms with E-state index in [1.807, 2.05) is 13.8 Å². The van der Waals surface area contributed by atoms with Crippen molar-refractivity contribution in [2.24, 2.45) is 7.05 Å². The van der Waals surface area contributed by atoms with Gasteiger partial charge in [-0.15, -0.1) is 0 Å². The minimum absolute atomic E-state index is 0.0139. The molecule has 0 bridgehead atoms. The van der Waals surface area contributed by atoms with Gasteiger partial charge in [0.05, 0.1) is 12.7 Å². The molecule has 0 radical (unpaired) electrons. The number of hydrogen-bond acceptors (Lipinski definition) is 4. The van der Waals surface area contributed by atoms with Crippen LogP contribution < -0.4 is 0 Å². The van der Waals surface area contributed by atoms with Gasteiger partial charge in [0.1, 0.15) is 10.6 Å². The van der Waals surface area contributed by atoms with Gasteiger partial charge in [0, 0.05) is 23.9 Å². The van der Waals surface area contributed by atoms with Crippen molar-refractivity contribution in [2.45, 2.75) is 37.9 Å². The Kier molecular flexibility index (Phi) is 4.35. The summed E-state index contributed by atoms with van der Waals surface area (Å²) in [5.41, 5.74) is 0.345. The van der Waals surface area contributed by atoms with Crippen LogP contribution in [0, 0.1) is 0 Å². The molecule has 7 heteroatoms. The summed E-state index contributed by atoms with van der Waals surface area (Å²) >= 11 is 0. The maximum Gasteiger partial charge on any atom is 0.264 e. The van der Waals surface area contributed by atoms with Crippen LogP contribution in [0.5, 0.6) is 0 Å². The molecule has 1 aromatic rings. The Morgan fingerprint density at radius 3 is 2.75 bits per heavy atom. The highest BCUT2D eigenvalue weighted by Crippen LogP contribution is 2.19. The molecule has 0 N–H and O–H groups in total. The molecule has 5 nitrogen and oxygen atoms in total. The molecule has 0 aromatic carbocycles. The van der Waals surface area contributed by atoms with Crippen LogP contribution in [0.15, 0.2) is 11.1 Å². The lowest BCUT2D eigenvalue weighted by atomic mass is 10.3. The van der Waals surface area contributed by atoms with Crippen molar-refractivity contribution in [2.75, 3.05) is 0 Å². The lowest BCUT2D eigenvalue weighted by molar-refractivity contribution is 0.0474. The van der Waals surface area contributed by atoms with Gasteiger partial charge in [-0.05, 0) is 13.3 Å². The van der Waals surface area contributed by atoms with Gasteiger partial charge >= 0.3 is 0 Å². The van der Waals surface area contributed by atoms with Gasteiger partial charge in [-0.1, -0.05) is 6.92 Å². The Labute approximate surface area is 99.8 Å². The minimum atomic E-state index is -3.76. The standard InChI is InChI=1S/C9H15ClN2O3S/c1-4-7(2)15-6-8-9(16(10,13)14)5-12(3)11-8/h5,7H,4,6H2,1-3H3. The molecule has 0 aliphatic rings. The smallest absolute Gasteiger partial charge is 0.264 e. The predicted molar refractivity (Wildman–Crippen MR) is 60.8 cm³/mol. The highest BCUT2D eigenvalue weighted by atomic mass is 35.7. The van der Waals surface area contributed by atoms with Crippen LogP contribution >= 0.6 is 10.7 Å². The summed E-state index contributed by atoms with van der Waals surface area (Å²) in [5.74, 6) is 0. The first-order chi connectivity index (χ1) is 7.34. The fourth-order valence-electron chi connectivity index (χ4n) is 1.16. The zero-order valence-corrected chi connectivity index (χ0v) is 11.0. The van der Waals surface area contributed by atoms with Gasteiger partial charge in [0.25, 0.3) is 9.05 Å². The van der Waals surface area contributed by atoms with Crippen LogP contribution in [-0.2, 0) is 27.4 Å². The van der Waals surface area contributed by atoms with Crippen molar-refractivity contribution in [3.05, 3.63) is 11.9 Å². The van der Waals surface area contributed by atoms with Crippen molar-refractivity contribution in [3.63, 3.8) is 0 Å². The van der Waals surface area contributed by atoms with Crippen LogP contribution in [0.1, 0.15) is 26.0 Å². The number of aromatic nitrogens is 2. The summed E-state index contributed by atoms with van der Waals surface area (Å²) in [6.45, 7) is 4.05. The maximum absolute atomic E-state index is 11.2. The molecule has 0 spiro atoms. The van der Waals surface area contributed by atoms with Crippen LogP contribution in [0.4, 0.5) is 0 Å². The van der Waals surface area contributed by atoms with Crippen LogP contribution in [-0.4, -0.2) is 24.3 Å². The molecule has 1 unspecified atom stereocenters. The number of rotatable bonds is 5. The van der Waals surface area contributed by atoms with Crippen molar-refractivity contribution >= 4 is 19.7 Å². The van der Waals surface area contributed by atoms with E-state index in [0.717, 1.165) is 6.42 Å². The summed E-state index contributed by atoms with van der Waals surface area (Å²) in [5, 5.41) is 4.01. The van der Waals surface area contributed by atoms with Gasteiger partial charge in [-0.3, -0.25) is 4.68 Å². The molecule has 1 heterocycles. The lowest BCUT2D eigenvalue weighted by Crippen LogP contribution is -2.08. The van der Waals surface area contributed by atoms with E-state index in [2.05, 4.69) is 5.10 Å². The quantitative estimate of drug-likeness (QED) is 0.761.